The van der Waals surface area contributed by atoms with Crippen molar-refractivity contribution in [2.45, 2.75) is 33.6 Å². The number of phenols is 1. The van der Waals surface area contributed by atoms with Crippen LogP contribution in [0.15, 0.2) is 18.2 Å². The van der Waals surface area contributed by atoms with Crippen LogP contribution in [0.25, 0.3) is 0 Å². The lowest BCUT2D eigenvalue weighted by molar-refractivity contribution is 0.0695. The van der Waals surface area contributed by atoms with E-state index in [0.717, 1.165) is 6.42 Å². The van der Waals surface area contributed by atoms with Gasteiger partial charge in [-0.1, -0.05) is 20.8 Å². The summed E-state index contributed by atoms with van der Waals surface area (Å²) >= 11 is 0. The van der Waals surface area contributed by atoms with Crippen molar-refractivity contribution in [2.24, 2.45) is 5.41 Å². The normalized spacial score (nSPS) is 11.4. The molecule has 3 heteroatoms. The fourth-order valence-corrected chi connectivity index (χ4v) is 1.51. The van der Waals surface area contributed by atoms with Crippen molar-refractivity contribution < 1.29 is 15.0 Å². The lowest BCUT2D eigenvalue weighted by Crippen LogP contribution is -2.09. The number of benzene rings is 1. The maximum absolute atomic E-state index is 11.0. The van der Waals surface area contributed by atoms with Crippen LogP contribution in [0.2, 0.25) is 0 Å². The summed E-state index contributed by atoms with van der Waals surface area (Å²) in [4.78, 5) is 11.0. The predicted octanol–water partition coefficient (Wildman–Crippen LogP) is 3.07. The molecule has 0 atom stereocenters. The van der Waals surface area contributed by atoms with E-state index in [2.05, 4.69) is 20.8 Å². The molecule has 1 rings (SSSR count). The summed E-state index contributed by atoms with van der Waals surface area (Å²) in [5, 5.41) is 18.4. The molecule has 16 heavy (non-hydrogen) atoms. The molecule has 2 N–H and O–H groups in total. The largest absolute Gasteiger partial charge is 0.508 e. The van der Waals surface area contributed by atoms with E-state index >= 15 is 0 Å². The van der Waals surface area contributed by atoms with E-state index in [1.165, 1.54) is 18.2 Å². The van der Waals surface area contributed by atoms with E-state index in [-0.39, 0.29) is 16.7 Å². The summed E-state index contributed by atoms with van der Waals surface area (Å²) in [7, 11) is 0. The van der Waals surface area contributed by atoms with E-state index in [1.807, 2.05) is 0 Å². The van der Waals surface area contributed by atoms with Crippen LogP contribution in [0.3, 0.4) is 0 Å². The van der Waals surface area contributed by atoms with E-state index in [0.29, 0.717) is 12.0 Å². The fraction of sp³-hybridized carbons (Fsp3) is 0.462. The van der Waals surface area contributed by atoms with Crippen LogP contribution in [0.5, 0.6) is 5.75 Å². The summed E-state index contributed by atoms with van der Waals surface area (Å²) < 4.78 is 0. The third-order valence-corrected chi connectivity index (χ3v) is 2.46. The molecular formula is C13H18O3. The second kappa shape index (κ2) is 4.56. The highest BCUT2D eigenvalue weighted by molar-refractivity contribution is 5.89. The highest BCUT2D eigenvalue weighted by Gasteiger charge is 2.15. The Labute approximate surface area is 95.7 Å². The van der Waals surface area contributed by atoms with Crippen molar-refractivity contribution in [3.63, 3.8) is 0 Å². The molecule has 0 amide bonds. The van der Waals surface area contributed by atoms with E-state index in [1.54, 1.807) is 0 Å². The van der Waals surface area contributed by atoms with Gasteiger partial charge in [0.2, 0.25) is 0 Å². The zero-order valence-corrected chi connectivity index (χ0v) is 9.95. The SMILES string of the molecule is CC(C)(C)CCc1cc(O)ccc1C(=O)O. The van der Waals surface area contributed by atoms with Gasteiger partial charge in [0.05, 0.1) is 5.56 Å². The van der Waals surface area contributed by atoms with Crippen LogP contribution in [-0.2, 0) is 6.42 Å². The second-order valence-corrected chi connectivity index (χ2v) is 5.21. The van der Waals surface area contributed by atoms with Gasteiger partial charge in [-0.15, -0.1) is 0 Å². The maximum Gasteiger partial charge on any atom is 0.335 e. The topological polar surface area (TPSA) is 57.5 Å². The highest BCUT2D eigenvalue weighted by atomic mass is 16.4. The standard InChI is InChI=1S/C13H18O3/c1-13(2,3)7-6-9-8-10(14)4-5-11(9)12(15)16/h4-5,8,14H,6-7H2,1-3H3,(H,15,16). The van der Waals surface area contributed by atoms with Gasteiger partial charge in [-0.25, -0.2) is 4.79 Å². The van der Waals surface area contributed by atoms with Gasteiger partial charge in [0.25, 0.3) is 0 Å². The van der Waals surface area contributed by atoms with Crippen molar-refractivity contribution in [1.29, 1.82) is 0 Å². The summed E-state index contributed by atoms with van der Waals surface area (Å²) in [6, 6.07) is 4.40. The molecule has 0 aromatic heterocycles. The molecule has 0 saturated carbocycles. The van der Waals surface area contributed by atoms with Crippen LogP contribution in [0, 0.1) is 5.41 Å². The smallest absolute Gasteiger partial charge is 0.335 e. The van der Waals surface area contributed by atoms with Gasteiger partial charge in [0, 0.05) is 0 Å². The Bertz CT molecular complexity index is 389. The number of aryl methyl sites for hydroxylation is 1. The number of hydrogen-bond donors (Lipinski definition) is 2. The van der Waals surface area contributed by atoms with Gasteiger partial charge in [-0.2, -0.15) is 0 Å². The van der Waals surface area contributed by atoms with Gasteiger partial charge in [0.1, 0.15) is 5.75 Å². The molecule has 0 aliphatic rings. The average molecular weight is 222 g/mol. The Morgan fingerprint density at radius 3 is 2.44 bits per heavy atom. The van der Waals surface area contributed by atoms with Crippen molar-refractivity contribution in [1.82, 2.24) is 0 Å². The Morgan fingerprint density at radius 2 is 1.94 bits per heavy atom. The molecule has 0 radical (unpaired) electrons. The molecule has 0 saturated heterocycles. The highest BCUT2D eigenvalue weighted by Crippen LogP contribution is 2.25. The molecule has 0 fully saturated rings. The molecule has 3 nitrogen and oxygen atoms in total. The van der Waals surface area contributed by atoms with E-state index in [4.69, 9.17) is 5.11 Å². The minimum absolute atomic E-state index is 0.119. The number of carbonyl (C=O) groups is 1. The van der Waals surface area contributed by atoms with Gasteiger partial charge in [0.15, 0.2) is 0 Å². The molecule has 0 unspecified atom stereocenters. The van der Waals surface area contributed by atoms with Crippen molar-refractivity contribution in [3.8, 4) is 5.75 Å². The lowest BCUT2D eigenvalue weighted by Gasteiger charge is -2.18. The molecule has 0 heterocycles. The number of carboxylic acid groups (broad SMARTS) is 1. The quantitative estimate of drug-likeness (QED) is 0.826. The van der Waals surface area contributed by atoms with Gasteiger partial charge in [-0.05, 0) is 42.0 Å². The van der Waals surface area contributed by atoms with E-state index in [9.17, 15) is 9.90 Å². The zero-order chi connectivity index (χ0) is 12.3. The van der Waals surface area contributed by atoms with Crippen LogP contribution in [0.4, 0.5) is 0 Å². The van der Waals surface area contributed by atoms with Crippen LogP contribution >= 0.6 is 0 Å². The number of rotatable bonds is 3. The first-order chi connectivity index (χ1) is 7.29. The molecular weight excluding hydrogens is 204 g/mol. The monoisotopic (exact) mass is 222 g/mol. The van der Waals surface area contributed by atoms with Crippen LogP contribution in [-0.4, -0.2) is 16.2 Å². The first-order valence-electron chi connectivity index (χ1n) is 5.35. The summed E-state index contributed by atoms with van der Waals surface area (Å²) in [5.41, 5.74) is 1.13. The Hall–Kier alpha value is -1.51. The molecule has 88 valence electrons. The van der Waals surface area contributed by atoms with Gasteiger partial charge < -0.3 is 10.2 Å². The third-order valence-electron chi connectivity index (χ3n) is 2.46. The molecule has 1 aromatic rings. The predicted molar refractivity (Wildman–Crippen MR) is 62.8 cm³/mol. The van der Waals surface area contributed by atoms with Gasteiger partial charge in [-0.3, -0.25) is 0 Å². The summed E-state index contributed by atoms with van der Waals surface area (Å²) in [6.07, 6.45) is 1.55. The Kier molecular flexibility index (Phi) is 3.58. The minimum Gasteiger partial charge on any atom is -0.508 e. The average Bonchev–Trinajstić information content (AvgIpc) is 2.13. The Morgan fingerprint density at radius 1 is 1.31 bits per heavy atom. The first-order valence-corrected chi connectivity index (χ1v) is 5.35. The minimum atomic E-state index is -0.941. The maximum atomic E-state index is 11.0. The van der Waals surface area contributed by atoms with Crippen LogP contribution < -0.4 is 0 Å². The second-order valence-electron chi connectivity index (χ2n) is 5.21. The Balaban J connectivity index is 2.93. The van der Waals surface area contributed by atoms with Crippen molar-refractivity contribution >= 4 is 5.97 Å². The van der Waals surface area contributed by atoms with Crippen LogP contribution in [0.1, 0.15) is 43.1 Å². The number of carboxylic acids is 1. The zero-order valence-electron chi connectivity index (χ0n) is 9.95. The number of hydrogen-bond acceptors (Lipinski definition) is 2. The summed E-state index contributed by atoms with van der Waals surface area (Å²) in [6.45, 7) is 6.32. The van der Waals surface area contributed by atoms with Crippen molar-refractivity contribution in [2.75, 3.05) is 0 Å². The number of aromatic carboxylic acids is 1. The first kappa shape index (κ1) is 12.6. The molecule has 0 bridgehead atoms. The molecule has 0 aliphatic heterocycles. The van der Waals surface area contributed by atoms with Gasteiger partial charge >= 0.3 is 5.97 Å². The molecule has 0 aliphatic carbocycles. The number of aromatic hydroxyl groups is 1. The lowest BCUT2D eigenvalue weighted by atomic mass is 9.87. The third kappa shape index (κ3) is 3.57. The summed E-state index contributed by atoms with van der Waals surface area (Å²) in [5.74, 6) is -0.821. The molecule has 1 aromatic carbocycles. The van der Waals surface area contributed by atoms with Crippen molar-refractivity contribution in [3.05, 3.63) is 29.3 Å². The number of phenolic OH excluding ortho intramolecular Hbond substituents is 1. The van der Waals surface area contributed by atoms with E-state index < -0.39 is 5.97 Å². The fourth-order valence-electron chi connectivity index (χ4n) is 1.51. The molecule has 0 spiro atoms.